The number of fused-ring (bicyclic) bond motifs is 3. The Morgan fingerprint density at radius 1 is 1.09 bits per heavy atom. The Labute approximate surface area is 205 Å². The third-order valence-corrected chi connectivity index (χ3v) is 7.12. The second-order valence-corrected chi connectivity index (χ2v) is 10.8. The quantitative estimate of drug-likeness (QED) is 0.459. The number of nitrogens with zero attached hydrogens (tertiary/aromatic N) is 2. The number of hydrogen-bond donors (Lipinski definition) is 1. The molecule has 182 valence electrons. The minimum atomic E-state index is -4.56. The molecule has 0 bridgehead atoms. The number of aromatic nitrogens is 1. The number of benzene rings is 2. The summed E-state index contributed by atoms with van der Waals surface area (Å²) in [5.74, 6) is -0.328. The molecule has 0 fully saturated rings. The molecule has 0 spiro atoms. The van der Waals surface area contributed by atoms with Crippen molar-refractivity contribution in [3.05, 3.63) is 89.2 Å². The Morgan fingerprint density at radius 3 is 2.23 bits per heavy atom. The minimum Gasteiger partial charge on any atom is -0.448 e. The maximum atomic E-state index is 12.8. The lowest BCUT2D eigenvalue weighted by Gasteiger charge is -2.14. The summed E-state index contributed by atoms with van der Waals surface area (Å²) in [7, 11) is -3.00. The van der Waals surface area contributed by atoms with Crippen LogP contribution < -0.4 is 5.32 Å². The lowest BCUT2D eigenvalue weighted by Crippen LogP contribution is -2.30. The molecule has 3 aromatic rings. The van der Waals surface area contributed by atoms with E-state index in [9.17, 15) is 22.2 Å². The van der Waals surface area contributed by atoms with Gasteiger partial charge in [0.15, 0.2) is 0 Å². The number of nitrogens with one attached hydrogen (secondary N) is 1. The average Bonchev–Trinajstić information content (AvgIpc) is 3.10. The van der Waals surface area contributed by atoms with E-state index in [0.717, 1.165) is 34.5 Å². The number of ether oxygens (including phenoxy) is 1. The molecule has 2 aromatic carbocycles. The number of alkyl halides is 3. The van der Waals surface area contributed by atoms with E-state index in [1.807, 2.05) is 48.5 Å². The molecule has 1 heterocycles. The van der Waals surface area contributed by atoms with E-state index in [1.54, 1.807) is 0 Å². The van der Waals surface area contributed by atoms with Gasteiger partial charge in [0.2, 0.25) is 5.11 Å². The van der Waals surface area contributed by atoms with Gasteiger partial charge in [0.05, 0.1) is 15.5 Å². The van der Waals surface area contributed by atoms with Crippen LogP contribution in [0, 0.1) is 0 Å². The highest BCUT2D eigenvalue weighted by atomic mass is 32.2. The molecule has 0 aliphatic heterocycles. The van der Waals surface area contributed by atoms with Crippen molar-refractivity contribution in [2.45, 2.75) is 17.8 Å². The molecule has 0 saturated carbocycles. The van der Waals surface area contributed by atoms with E-state index in [1.165, 1.54) is 12.3 Å². The number of rotatable bonds is 4. The summed E-state index contributed by atoms with van der Waals surface area (Å²) in [4.78, 5) is 15.7. The largest absolute Gasteiger partial charge is 0.448 e. The summed E-state index contributed by atoms with van der Waals surface area (Å²) in [6.07, 6.45) is -3.13. The van der Waals surface area contributed by atoms with Crippen LogP contribution in [0.4, 0.5) is 18.0 Å². The lowest BCUT2D eigenvalue weighted by atomic mass is 9.98. The number of amides is 1. The fourth-order valence-electron chi connectivity index (χ4n) is 3.94. The van der Waals surface area contributed by atoms with Crippen LogP contribution in [0.5, 0.6) is 0 Å². The van der Waals surface area contributed by atoms with Crippen molar-refractivity contribution >= 4 is 33.2 Å². The van der Waals surface area contributed by atoms with E-state index in [2.05, 4.69) is 14.7 Å². The van der Waals surface area contributed by atoms with Gasteiger partial charge < -0.3 is 4.74 Å². The Kier molecular flexibility index (Phi) is 6.91. The predicted octanol–water partition coefficient (Wildman–Crippen LogP) is 5.52. The molecule has 1 aromatic heterocycles. The topological polar surface area (TPSA) is 80.7 Å². The van der Waals surface area contributed by atoms with Gasteiger partial charge in [-0.2, -0.15) is 17.5 Å². The third-order valence-electron chi connectivity index (χ3n) is 5.38. The Hall–Kier alpha value is -3.31. The van der Waals surface area contributed by atoms with Gasteiger partial charge in [-0.25, -0.2) is 9.00 Å². The molecular weight excluding hydrogens is 499 g/mol. The number of carbonyl (C=O) groups excluding carboxylic acids is 1. The molecule has 4 rings (SSSR count). The minimum absolute atomic E-state index is 0.0706. The van der Waals surface area contributed by atoms with Crippen molar-refractivity contribution < 1.29 is 26.9 Å². The van der Waals surface area contributed by atoms with Crippen molar-refractivity contribution in [3.63, 3.8) is 0 Å². The van der Waals surface area contributed by atoms with E-state index in [0.29, 0.717) is 0 Å². The first-order chi connectivity index (χ1) is 16.5. The summed E-state index contributed by atoms with van der Waals surface area (Å²) in [6, 6.07) is 17.8. The van der Waals surface area contributed by atoms with E-state index in [-0.39, 0.29) is 29.0 Å². The number of carbonyl (C=O) groups is 1. The number of thiocarbonyl (C=S) groups is 1. The molecule has 1 amide bonds. The van der Waals surface area contributed by atoms with Gasteiger partial charge in [-0.3, -0.25) is 10.3 Å². The SMILES string of the molecule is CS(=O)(Cc1ccc(C(F)(F)F)nc1)=NC(=S)NC(=O)OCC1c2ccccc2-c2ccccc21. The Balaban J connectivity index is 1.37. The monoisotopic (exact) mass is 519 g/mol. The number of pyridine rings is 1. The fraction of sp³-hybridized carbons (Fsp3) is 0.208. The molecule has 1 aliphatic rings. The maximum Gasteiger partial charge on any atom is 0.433 e. The van der Waals surface area contributed by atoms with Gasteiger partial charge in [-0.15, -0.1) is 0 Å². The average molecular weight is 520 g/mol. The van der Waals surface area contributed by atoms with Crippen LogP contribution >= 0.6 is 12.2 Å². The molecule has 1 N–H and O–H groups in total. The molecule has 1 unspecified atom stereocenters. The fourth-order valence-corrected chi connectivity index (χ4v) is 5.75. The molecule has 11 heteroatoms. The van der Waals surface area contributed by atoms with Crippen LogP contribution in [-0.2, 0) is 26.4 Å². The molecular formula is C24H20F3N3O3S2. The van der Waals surface area contributed by atoms with Crippen molar-refractivity contribution in [2.75, 3.05) is 12.9 Å². The van der Waals surface area contributed by atoms with Crippen LogP contribution in [-0.4, -0.2) is 33.3 Å². The zero-order valence-electron chi connectivity index (χ0n) is 18.4. The predicted molar refractivity (Wildman–Crippen MR) is 130 cm³/mol. The smallest absolute Gasteiger partial charge is 0.433 e. The third kappa shape index (κ3) is 5.85. The molecule has 0 saturated heterocycles. The van der Waals surface area contributed by atoms with Crippen LogP contribution in [0.3, 0.4) is 0 Å². The van der Waals surface area contributed by atoms with Gasteiger partial charge in [-0.1, -0.05) is 54.6 Å². The Bertz CT molecular complexity index is 1350. The highest BCUT2D eigenvalue weighted by Gasteiger charge is 2.32. The number of hydrogen-bond acceptors (Lipinski definition) is 5. The maximum absolute atomic E-state index is 12.8. The number of alkyl carbamates (subject to hydrolysis) is 1. The van der Waals surface area contributed by atoms with Gasteiger partial charge in [0, 0.05) is 18.4 Å². The first-order valence-electron chi connectivity index (χ1n) is 10.4. The highest BCUT2D eigenvalue weighted by molar-refractivity contribution is 7.93. The highest BCUT2D eigenvalue weighted by Crippen LogP contribution is 2.44. The van der Waals surface area contributed by atoms with Gasteiger partial charge in [-0.05, 0) is 46.1 Å². The zero-order valence-corrected chi connectivity index (χ0v) is 20.0. The zero-order chi connectivity index (χ0) is 25.2. The molecule has 1 aliphatic carbocycles. The van der Waals surface area contributed by atoms with Crippen LogP contribution in [0.25, 0.3) is 11.1 Å². The van der Waals surface area contributed by atoms with Gasteiger partial charge >= 0.3 is 12.3 Å². The summed E-state index contributed by atoms with van der Waals surface area (Å²) < 4.78 is 60.0. The molecule has 1 atom stereocenters. The Morgan fingerprint density at radius 2 is 1.69 bits per heavy atom. The molecule has 35 heavy (non-hydrogen) atoms. The van der Waals surface area contributed by atoms with Crippen LogP contribution in [0.2, 0.25) is 0 Å². The van der Waals surface area contributed by atoms with Crippen LogP contribution in [0.1, 0.15) is 28.3 Å². The van der Waals surface area contributed by atoms with Gasteiger partial charge in [0.25, 0.3) is 0 Å². The van der Waals surface area contributed by atoms with Crippen molar-refractivity contribution in [1.29, 1.82) is 0 Å². The standard InChI is InChI=1S/C24H20F3N3O3S2/c1-35(32,14-15-10-11-21(28-12-15)24(25,26)27)30-22(34)29-23(31)33-13-20-18-8-4-2-6-16(18)17-7-3-5-9-19(17)20/h2-12,20H,13-14H2,1H3,(H,29,31,34). The first-order valence-corrected chi connectivity index (χ1v) is 12.9. The molecule has 0 radical (unpaired) electrons. The first kappa shape index (κ1) is 24.8. The second-order valence-electron chi connectivity index (χ2n) is 8.00. The van der Waals surface area contributed by atoms with E-state index < -0.39 is 27.7 Å². The normalized spacial score (nSPS) is 14.4. The van der Waals surface area contributed by atoms with E-state index in [4.69, 9.17) is 17.0 Å². The summed E-state index contributed by atoms with van der Waals surface area (Å²) in [6.45, 7) is 0.0706. The van der Waals surface area contributed by atoms with Gasteiger partial charge in [0.1, 0.15) is 12.3 Å². The summed E-state index contributed by atoms with van der Waals surface area (Å²) in [5, 5.41) is 1.94. The van der Waals surface area contributed by atoms with Crippen molar-refractivity contribution in [3.8, 4) is 11.1 Å². The summed E-state index contributed by atoms with van der Waals surface area (Å²) >= 11 is 5.02. The van der Waals surface area contributed by atoms with Crippen LogP contribution in [0.15, 0.2) is 71.2 Å². The number of halogens is 3. The lowest BCUT2D eigenvalue weighted by molar-refractivity contribution is -0.141. The van der Waals surface area contributed by atoms with Crippen molar-refractivity contribution in [2.24, 2.45) is 4.36 Å². The second kappa shape index (κ2) is 9.74. The molecule has 6 nitrogen and oxygen atoms in total. The van der Waals surface area contributed by atoms with Crippen molar-refractivity contribution in [1.82, 2.24) is 10.3 Å². The summed E-state index contributed by atoms with van der Waals surface area (Å²) in [5.41, 5.74) is 3.52. The van der Waals surface area contributed by atoms with E-state index >= 15 is 0 Å².